The van der Waals surface area contributed by atoms with Crippen molar-refractivity contribution in [2.24, 2.45) is 0 Å². The monoisotopic (exact) mass is 416 g/mol. The molecule has 2 aromatic carbocycles. The van der Waals surface area contributed by atoms with Gasteiger partial charge in [0.25, 0.3) is 0 Å². The molecule has 1 N–H and O–H groups in total. The Balaban J connectivity index is 1.80. The molecule has 0 saturated carbocycles. The molecule has 0 radical (unpaired) electrons. The number of benzene rings is 2. The molecule has 1 fully saturated rings. The number of morpholine rings is 1. The van der Waals surface area contributed by atoms with Gasteiger partial charge >= 0.3 is 0 Å². The van der Waals surface area contributed by atoms with Gasteiger partial charge in [0, 0.05) is 13.1 Å². The number of likely N-dealkylation sites (N-methyl/N-ethyl adjacent to an activating group) is 1. The van der Waals surface area contributed by atoms with Crippen LogP contribution in [0.15, 0.2) is 78.9 Å². The van der Waals surface area contributed by atoms with Crippen LogP contribution in [0.3, 0.4) is 0 Å². The largest absolute Gasteiger partial charge is 0.371 e. The number of nitrogens with one attached hydrogen (secondary N) is 1. The van der Waals surface area contributed by atoms with Crippen molar-refractivity contribution in [3.8, 4) is 0 Å². The lowest BCUT2D eigenvalue weighted by Gasteiger charge is -2.52. The van der Waals surface area contributed by atoms with Crippen LogP contribution in [0.25, 0.3) is 0 Å². The first-order valence-corrected chi connectivity index (χ1v) is 11.0. The van der Waals surface area contributed by atoms with E-state index in [9.17, 15) is 4.79 Å². The van der Waals surface area contributed by atoms with Crippen LogP contribution in [0.5, 0.6) is 0 Å². The third kappa shape index (κ3) is 3.80. The smallest absolute Gasteiger partial charge is 0.146 e. The van der Waals surface area contributed by atoms with Crippen molar-refractivity contribution in [2.75, 3.05) is 33.8 Å². The summed E-state index contributed by atoms with van der Waals surface area (Å²) in [5, 5.41) is 3.39. The van der Waals surface area contributed by atoms with E-state index in [4.69, 9.17) is 4.74 Å². The Bertz CT molecular complexity index is 958. The lowest BCUT2D eigenvalue weighted by atomic mass is 9.58. The fourth-order valence-corrected chi connectivity index (χ4v) is 5.17. The van der Waals surface area contributed by atoms with Gasteiger partial charge < -0.3 is 10.1 Å². The van der Waals surface area contributed by atoms with Crippen LogP contribution in [0.1, 0.15) is 29.7 Å². The summed E-state index contributed by atoms with van der Waals surface area (Å²) < 4.78 is 5.92. The second-order valence-electron chi connectivity index (χ2n) is 8.75. The van der Waals surface area contributed by atoms with Gasteiger partial charge in [0.15, 0.2) is 0 Å². The molecule has 0 bridgehead atoms. The topological polar surface area (TPSA) is 41.6 Å². The molecule has 4 heteroatoms. The highest BCUT2D eigenvalue weighted by atomic mass is 16.5. The quantitative estimate of drug-likeness (QED) is 0.777. The summed E-state index contributed by atoms with van der Waals surface area (Å²) in [4.78, 5) is 15.7. The maximum absolute atomic E-state index is 13.5. The average Bonchev–Trinajstić information content (AvgIpc) is 2.80. The molecule has 0 amide bonds. The molecule has 1 aliphatic carbocycles. The molecule has 4 rings (SSSR count). The van der Waals surface area contributed by atoms with Crippen molar-refractivity contribution in [3.05, 3.63) is 95.6 Å². The van der Waals surface area contributed by atoms with Gasteiger partial charge in [-0.3, -0.25) is 9.69 Å². The summed E-state index contributed by atoms with van der Waals surface area (Å²) in [6.07, 6.45) is 9.16. The number of hydrogen-bond acceptors (Lipinski definition) is 4. The summed E-state index contributed by atoms with van der Waals surface area (Å²) in [5.41, 5.74) is 2.06. The molecule has 4 nitrogen and oxygen atoms in total. The average molecular weight is 417 g/mol. The van der Waals surface area contributed by atoms with Crippen molar-refractivity contribution in [2.45, 2.75) is 30.4 Å². The Morgan fingerprint density at radius 2 is 1.77 bits per heavy atom. The van der Waals surface area contributed by atoms with Gasteiger partial charge in [-0.1, -0.05) is 78.9 Å². The number of nitrogens with zero attached hydrogens (tertiary/aromatic N) is 1. The van der Waals surface area contributed by atoms with Gasteiger partial charge in [-0.25, -0.2) is 0 Å². The van der Waals surface area contributed by atoms with Crippen LogP contribution in [0.4, 0.5) is 0 Å². The van der Waals surface area contributed by atoms with E-state index in [0.29, 0.717) is 0 Å². The Morgan fingerprint density at radius 3 is 2.39 bits per heavy atom. The molecule has 31 heavy (non-hydrogen) atoms. The lowest BCUT2D eigenvalue weighted by molar-refractivity contribution is -0.124. The van der Waals surface area contributed by atoms with Gasteiger partial charge in [0.05, 0.1) is 23.7 Å². The second-order valence-corrected chi connectivity index (χ2v) is 8.75. The van der Waals surface area contributed by atoms with E-state index in [2.05, 4.69) is 91.1 Å². The fourth-order valence-electron chi connectivity index (χ4n) is 5.17. The minimum Gasteiger partial charge on any atom is -0.371 e. The minimum absolute atomic E-state index is 0.0563. The normalized spacial score (nSPS) is 28.1. The zero-order chi connectivity index (χ0) is 21.9. The Kier molecular flexibility index (Phi) is 6.24. The van der Waals surface area contributed by atoms with Crippen molar-refractivity contribution >= 4 is 5.78 Å². The summed E-state index contributed by atoms with van der Waals surface area (Å²) >= 11 is 0. The van der Waals surface area contributed by atoms with Gasteiger partial charge in [0.2, 0.25) is 0 Å². The standard InChI is InChI=1S/C27H32N2O2/c1-21(30)27(24-13-11-23(12-14-24)25-20-28-17-18-31-25)16-8-7-15-26(27,29(2)3)19-22-9-5-4-6-10-22/h4-16,25,28H,17-20H2,1-3H3. The van der Waals surface area contributed by atoms with Crippen LogP contribution < -0.4 is 5.32 Å². The molecule has 2 aliphatic rings. The molecule has 2 aromatic rings. The van der Waals surface area contributed by atoms with Crippen molar-refractivity contribution in [1.29, 1.82) is 0 Å². The first-order valence-electron chi connectivity index (χ1n) is 11.0. The van der Waals surface area contributed by atoms with Crippen LogP contribution in [-0.4, -0.2) is 50.0 Å². The molecule has 3 unspecified atom stereocenters. The van der Waals surface area contributed by atoms with E-state index in [1.54, 1.807) is 6.92 Å². The highest BCUT2D eigenvalue weighted by Gasteiger charge is 2.55. The molecule has 3 atom stereocenters. The van der Waals surface area contributed by atoms with Gasteiger partial charge in [0.1, 0.15) is 5.78 Å². The Labute approximate surface area is 185 Å². The summed E-state index contributed by atoms with van der Waals surface area (Å²) in [5.74, 6) is 0.140. The molecule has 1 saturated heterocycles. The number of allylic oxidation sites excluding steroid dienone is 2. The summed E-state index contributed by atoms with van der Waals surface area (Å²) in [6, 6.07) is 18.9. The highest BCUT2D eigenvalue weighted by molar-refractivity contribution is 5.93. The Morgan fingerprint density at radius 1 is 1.06 bits per heavy atom. The van der Waals surface area contributed by atoms with Gasteiger partial charge in [-0.15, -0.1) is 0 Å². The highest BCUT2D eigenvalue weighted by Crippen LogP contribution is 2.46. The number of Topliss-reactive ketones (excluding diaryl/α,β-unsaturated/α-hetero) is 1. The maximum atomic E-state index is 13.5. The van der Waals surface area contributed by atoms with Crippen LogP contribution in [0.2, 0.25) is 0 Å². The van der Waals surface area contributed by atoms with Crippen molar-refractivity contribution in [3.63, 3.8) is 0 Å². The number of hydrogen-bond donors (Lipinski definition) is 1. The molecular weight excluding hydrogens is 384 g/mol. The summed E-state index contributed by atoms with van der Waals surface area (Å²) in [7, 11) is 4.14. The van der Waals surface area contributed by atoms with Gasteiger partial charge in [-0.2, -0.15) is 0 Å². The number of ketones is 1. The van der Waals surface area contributed by atoms with Crippen LogP contribution in [-0.2, 0) is 21.4 Å². The minimum atomic E-state index is -0.786. The van der Waals surface area contributed by atoms with Crippen LogP contribution in [0, 0.1) is 0 Å². The molecule has 1 heterocycles. The number of ether oxygens (including phenoxy) is 1. The van der Waals surface area contributed by atoms with Crippen molar-refractivity contribution in [1.82, 2.24) is 10.2 Å². The summed E-state index contributed by atoms with van der Waals surface area (Å²) in [6.45, 7) is 4.15. The Hall–Kier alpha value is -2.53. The van der Waals surface area contributed by atoms with E-state index >= 15 is 0 Å². The zero-order valence-electron chi connectivity index (χ0n) is 18.7. The first kappa shape index (κ1) is 21.7. The number of carbonyl (C=O) groups excluding carboxylic acids is 1. The SMILES string of the molecule is CC(=O)C1(c2ccc(C3CNCCO3)cc2)C=CC=CC1(Cc1ccccc1)N(C)C. The molecule has 1 aliphatic heterocycles. The second kappa shape index (κ2) is 8.91. The van der Waals surface area contributed by atoms with E-state index in [1.165, 1.54) is 5.56 Å². The predicted octanol–water partition coefficient (Wildman–Crippen LogP) is 3.84. The van der Waals surface area contributed by atoms with E-state index in [-0.39, 0.29) is 11.9 Å². The number of rotatable bonds is 6. The molecule has 0 spiro atoms. The van der Waals surface area contributed by atoms with Crippen molar-refractivity contribution < 1.29 is 9.53 Å². The number of carbonyl (C=O) groups is 1. The van der Waals surface area contributed by atoms with E-state index in [1.807, 2.05) is 12.1 Å². The third-order valence-electron chi connectivity index (χ3n) is 6.85. The van der Waals surface area contributed by atoms with Gasteiger partial charge in [-0.05, 0) is 44.1 Å². The predicted molar refractivity (Wildman–Crippen MR) is 125 cm³/mol. The molecule has 162 valence electrons. The fraction of sp³-hybridized carbons (Fsp3) is 0.370. The molecule has 0 aromatic heterocycles. The van der Waals surface area contributed by atoms with E-state index in [0.717, 1.165) is 37.2 Å². The van der Waals surface area contributed by atoms with E-state index < -0.39 is 11.0 Å². The lowest BCUT2D eigenvalue weighted by Crippen LogP contribution is -2.63. The third-order valence-corrected chi connectivity index (χ3v) is 6.85. The zero-order valence-corrected chi connectivity index (χ0v) is 18.7. The maximum Gasteiger partial charge on any atom is 0.146 e. The first-order chi connectivity index (χ1) is 15.0. The van der Waals surface area contributed by atoms with Crippen LogP contribution >= 0.6 is 0 Å². The molecular formula is C27H32N2O2.